The van der Waals surface area contributed by atoms with Gasteiger partial charge in [-0.2, -0.15) is 0 Å². The van der Waals surface area contributed by atoms with Crippen LogP contribution in [0.25, 0.3) is 0 Å². The van der Waals surface area contributed by atoms with E-state index in [4.69, 9.17) is 5.14 Å². The molecule has 0 bridgehead atoms. The van der Waals surface area contributed by atoms with E-state index in [2.05, 4.69) is 22.2 Å². The lowest BCUT2D eigenvalue weighted by atomic mass is 10.1. The molecule has 1 saturated heterocycles. The maximum Gasteiger partial charge on any atom is 0.255 e. The third-order valence-corrected chi connectivity index (χ3v) is 6.22. The van der Waals surface area contributed by atoms with E-state index in [-0.39, 0.29) is 16.4 Å². The van der Waals surface area contributed by atoms with E-state index in [9.17, 15) is 13.2 Å². The van der Waals surface area contributed by atoms with E-state index in [0.29, 0.717) is 16.8 Å². The number of likely N-dealkylation sites (N-methyl/N-ethyl adjacent to an activating group) is 1. The molecule has 1 aliphatic heterocycles. The second-order valence-corrected chi connectivity index (χ2v) is 8.78. The van der Waals surface area contributed by atoms with Gasteiger partial charge in [0.2, 0.25) is 10.0 Å². The molecule has 0 aromatic heterocycles. The number of hydrogen-bond acceptors (Lipinski definition) is 5. The van der Waals surface area contributed by atoms with E-state index >= 15 is 0 Å². The highest BCUT2D eigenvalue weighted by Crippen LogP contribution is 2.22. The van der Waals surface area contributed by atoms with Crippen LogP contribution in [0.4, 0.5) is 11.4 Å². The molecule has 0 unspecified atom stereocenters. The molecule has 0 radical (unpaired) electrons. The molecule has 1 fully saturated rings. The Morgan fingerprint density at radius 3 is 2.21 bits per heavy atom. The molecular weight excluding hydrogens is 376 g/mol. The highest BCUT2D eigenvalue weighted by atomic mass is 32.2. The number of carbonyl (C=O) groups excluding carboxylic acids is 1. The van der Waals surface area contributed by atoms with Gasteiger partial charge in [0.1, 0.15) is 0 Å². The number of nitrogens with one attached hydrogen (secondary N) is 1. The number of benzene rings is 2. The Morgan fingerprint density at radius 1 is 1.04 bits per heavy atom. The monoisotopic (exact) mass is 402 g/mol. The Labute approximate surface area is 166 Å². The second-order valence-electron chi connectivity index (χ2n) is 7.25. The summed E-state index contributed by atoms with van der Waals surface area (Å²) >= 11 is 0. The van der Waals surface area contributed by atoms with Gasteiger partial charge in [0.15, 0.2) is 0 Å². The lowest BCUT2D eigenvalue weighted by molar-refractivity contribution is 0.102. The maximum atomic E-state index is 12.6. The van der Waals surface area contributed by atoms with Crippen LogP contribution in [0, 0.1) is 13.8 Å². The summed E-state index contributed by atoms with van der Waals surface area (Å²) < 4.78 is 23.6. The molecule has 3 N–H and O–H groups in total. The molecule has 0 saturated carbocycles. The van der Waals surface area contributed by atoms with Gasteiger partial charge in [0.05, 0.1) is 4.90 Å². The number of anilines is 2. The summed E-state index contributed by atoms with van der Waals surface area (Å²) in [5.41, 5.74) is 3.28. The van der Waals surface area contributed by atoms with E-state index in [1.54, 1.807) is 19.9 Å². The van der Waals surface area contributed by atoms with Gasteiger partial charge in [0.25, 0.3) is 5.91 Å². The van der Waals surface area contributed by atoms with E-state index in [0.717, 1.165) is 31.9 Å². The highest BCUT2D eigenvalue weighted by molar-refractivity contribution is 7.89. The summed E-state index contributed by atoms with van der Waals surface area (Å²) in [7, 11) is -1.78. The van der Waals surface area contributed by atoms with Crippen LogP contribution in [0.15, 0.2) is 41.3 Å². The Hall–Kier alpha value is -2.42. The zero-order chi connectivity index (χ0) is 20.5. The molecule has 0 atom stereocenters. The van der Waals surface area contributed by atoms with Crippen molar-refractivity contribution < 1.29 is 13.2 Å². The van der Waals surface area contributed by atoms with Crippen LogP contribution in [0.5, 0.6) is 0 Å². The molecule has 3 rings (SSSR count). The first-order valence-electron chi connectivity index (χ1n) is 9.14. The van der Waals surface area contributed by atoms with Gasteiger partial charge in [-0.3, -0.25) is 4.79 Å². The number of rotatable bonds is 4. The summed E-state index contributed by atoms with van der Waals surface area (Å²) in [6.45, 7) is 7.43. The molecular formula is C20H26N4O3S. The maximum absolute atomic E-state index is 12.6. The fourth-order valence-corrected chi connectivity index (χ4v) is 4.16. The van der Waals surface area contributed by atoms with Crippen molar-refractivity contribution in [3.63, 3.8) is 0 Å². The first-order chi connectivity index (χ1) is 13.1. The van der Waals surface area contributed by atoms with Crippen molar-refractivity contribution in [2.45, 2.75) is 18.7 Å². The summed E-state index contributed by atoms with van der Waals surface area (Å²) in [6, 6.07) is 10.7. The Kier molecular flexibility index (Phi) is 5.74. The van der Waals surface area contributed by atoms with Crippen molar-refractivity contribution in [1.29, 1.82) is 0 Å². The van der Waals surface area contributed by atoms with Crippen molar-refractivity contribution in [3.8, 4) is 0 Å². The molecule has 8 heteroatoms. The standard InChI is InChI=1S/C20H26N4O3S/c1-14-12-16(13-19(15(14)2)28(21,26)27)20(25)22-17-4-6-18(7-5-17)24-10-8-23(3)9-11-24/h4-7,12-13H,8-11H2,1-3H3,(H,22,25)(H2,21,26,27). The van der Waals surface area contributed by atoms with Crippen molar-refractivity contribution in [2.75, 3.05) is 43.4 Å². The van der Waals surface area contributed by atoms with Gasteiger partial charge in [-0.15, -0.1) is 0 Å². The number of nitrogens with two attached hydrogens (primary N) is 1. The molecule has 1 aliphatic rings. The molecule has 0 spiro atoms. The molecule has 28 heavy (non-hydrogen) atoms. The van der Waals surface area contributed by atoms with Crippen molar-refractivity contribution in [2.24, 2.45) is 5.14 Å². The van der Waals surface area contributed by atoms with Gasteiger partial charge in [-0.1, -0.05) is 0 Å². The fourth-order valence-electron chi connectivity index (χ4n) is 3.28. The quantitative estimate of drug-likeness (QED) is 0.815. The Bertz CT molecular complexity index is 979. The topological polar surface area (TPSA) is 95.7 Å². The number of sulfonamides is 1. The molecule has 2 aromatic carbocycles. The fraction of sp³-hybridized carbons (Fsp3) is 0.350. The average Bonchev–Trinajstić information content (AvgIpc) is 2.64. The number of primary sulfonamides is 1. The smallest absolute Gasteiger partial charge is 0.255 e. The SMILES string of the molecule is Cc1cc(C(=O)Nc2ccc(N3CCN(C)CC3)cc2)cc(S(N)(=O)=O)c1C. The number of piperazine rings is 1. The third-order valence-electron chi connectivity index (χ3n) is 5.18. The van der Waals surface area contributed by atoms with Crippen LogP contribution in [0.2, 0.25) is 0 Å². The molecule has 0 aliphatic carbocycles. The van der Waals surface area contributed by atoms with Crippen molar-refractivity contribution >= 4 is 27.3 Å². The number of carbonyl (C=O) groups is 1. The zero-order valence-electron chi connectivity index (χ0n) is 16.4. The zero-order valence-corrected chi connectivity index (χ0v) is 17.2. The first-order valence-corrected chi connectivity index (χ1v) is 10.7. The molecule has 1 heterocycles. The van der Waals surface area contributed by atoms with Crippen molar-refractivity contribution in [1.82, 2.24) is 4.90 Å². The van der Waals surface area contributed by atoms with Gasteiger partial charge < -0.3 is 15.1 Å². The average molecular weight is 403 g/mol. The molecule has 1 amide bonds. The van der Waals surface area contributed by atoms with Gasteiger partial charge in [-0.05, 0) is 68.4 Å². The number of aryl methyl sites for hydroxylation is 1. The molecule has 150 valence electrons. The van der Waals surface area contributed by atoms with Crippen molar-refractivity contribution in [3.05, 3.63) is 53.1 Å². The second kappa shape index (κ2) is 7.90. The molecule has 2 aromatic rings. The predicted octanol–water partition coefficient (Wildman–Crippen LogP) is 1.95. The minimum atomic E-state index is -3.90. The summed E-state index contributed by atoms with van der Waals surface area (Å²) in [4.78, 5) is 17.2. The predicted molar refractivity (Wildman–Crippen MR) is 111 cm³/mol. The number of nitrogens with zero attached hydrogens (tertiary/aromatic N) is 2. The van der Waals surface area contributed by atoms with E-state index < -0.39 is 10.0 Å². The van der Waals surface area contributed by atoms with Gasteiger partial charge in [0, 0.05) is 43.1 Å². The summed E-state index contributed by atoms with van der Waals surface area (Å²) in [5.74, 6) is -0.375. The number of amides is 1. The van der Waals surface area contributed by atoms with Gasteiger partial charge >= 0.3 is 0 Å². The van der Waals surface area contributed by atoms with Crippen LogP contribution in [-0.2, 0) is 10.0 Å². The highest BCUT2D eigenvalue weighted by Gasteiger charge is 2.18. The summed E-state index contributed by atoms with van der Waals surface area (Å²) in [6.07, 6.45) is 0. The molecule has 7 nitrogen and oxygen atoms in total. The lowest BCUT2D eigenvalue weighted by Crippen LogP contribution is -2.44. The van der Waals surface area contributed by atoms with Crippen LogP contribution < -0.4 is 15.4 Å². The Balaban J connectivity index is 1.75. The normalized spacial score (nSPS) is 15.5. The minimum absolute atomic E-state index is 0.0249. The van der Waals surface area contributed by atoms with Crippen LogP contribution in [-0.4, -0.2) is 52.5 Å². The van der Waals surface area contributed by atoms with E-state index in [1.165, 1.54) is 6.07 Å². The summed E-state index contributed by atoms with van der Waals surface area (Å²) in [5, 5.41) is 8.10. The van der Waals surface area contributed by atoms with Crippen LogP contribution in [0.3, 0.4) is 0 Å². The first kappa shape index (κ1) is 20.3. The number of hydrogen-bond donors (Lipinski definition) is 2. The van der Waals surface area contributed by atoms with Crippen LogP contribution in [0.1, 0.15) is 21.5 Å². The lowest BCUT2D eigenvalue weighted by Gasteiger charge is -2.34. The van der Waals surface area contributed by atoms with Crippen LogP contribution >= 0.6 is 0 Å². The van der Waals surface area contributed by atoms with Gasteiger partial charge in [-0.25, -0.2) is 13.6 Å². The largest absolute Gasteiger partial charge is 0.369 e. The Morgan fingerprint density at radius 2 is 1.64 bits per heavy atom. The minimum Gasteiger partial charge on any atom is -0.369 e. The van der Waals surface area contributed by atoms with E-state index in [1.807, 2.05) is 24.3 Å². The third kappa shape index (κ3) is 4.52.